The molecule has 12 heteroatoms. The number of esters is 3. The summed E-state index contributed by atoms with van der Waals surface area (Å²) in [6.45, 7) is 13.7. The first-order valence-corrected chi connectivity index (χ1v) is 19.2. The van der Waals surface area contributed by atoms with Crippen molar-refractivity contribution < 1.29 is 56.0 Å². The summed E-state index contributed by atoms with van der Waals surface area (Å²) in [6.07, 6.45) is 6.43. The standard InChI is InChI=1S/C45H53F3O9/c1-33(36-13-19-39(46)20-14-36)43(49)55-29-10-4-7-26-52-32-25-42(53-27-8-5-11-30-56-44(50)34(2)37-15-21-40(47)22-16-37)54-28-9-6-12-31-57-45(51)35(3)38-17-23-41(48)24-18-38/h13-24,42H,1-12,25-32H2. The predicted molar refractivity (Wildman–Crippen MR) is 212 cm³/mol. The van der Waals surface area contributed by atoms with Gasteiger partial charge in [0.1, 0.15) is 17.5 Å². The van der Waals surface area contributed by atoms with Crippen LogP contribution >= 0.6 is 0 Å². The van der Waals surface area contributed by atoms with E-state index in [1.54, 1.807) is 0 Å². The second-order valence-electron chi connectivity index (χ2n) is 13.1. The first-order valence-electron chi connectivity index (χ1n) is 19.2. The van der Waals surface area contributed by atoms with E-state index in [1.165, 1.54) is 72.8 Å². The van der Waals surface area contributed by atoms with E-state index in [2.05, 4.69) is 19.7 Å². The number of halogens is 3. The maximum absolute atomic E-state index is 13.2. The van der Waals surface area contributed by atoms with Gasteiger partial charge in [0.05, 0.1) is 43.1 Å². The van der Waals surface area contributed by atoms with E-state index in [0.29, 0.717) is 81.6 Å². The maximum Gasteiger partial charge on any atom is 0.338 e. The van der Waals surface area contributed by atoms with Crippen LogP contribution in [0.3, 0.4) is 0 Å². The second-order valence-corrected chi connectivity index (χ2v) is 13.1. The van der Waals surface area contributed by atoms with Crippen LogP contribution in [-0.4, -0.2) is 70.4 Å². The molecular weight excluding hydrogens is 741 g/mol. The van der Waals surface area contributed by atoms with Gasteiger partial charge in [0.15, 0.2) is 6.29 Å². The zero-order valence-corrected chi connectivity index (χ0v) is 32.5. The Morgan fingerprint density at radius 2 is 0.719 bits per heavy atom. The first-order chi connectivity index (χ1) is 27.5. The first kappa shape index (κ1) is 46.3. The van der Waals surface area contributed by atoms with Gasteiger partial charge >= 0.3 is 17.9 Å². The van der Waals surface area contributed by atoms with Crippen LogP contribution in [0.15, 0.2) is 92.5 Å². The van der Waals surface area contributed by atoms with Gasteiger partial charge in [0.25, 0.3) is 0 Å². The Bertz CT molecular complexity index is 1620. The third-order valence-corrected chi connectivity index (χ3v) is 8.63. The van der Waals surface area contributed by atoms with Gasteiger partial charge in [0, 0.05) is 26.2 Å². The number of rotatable bonds is 29. The van der Waals surface area contributed by atoms with Gasteiger partial charge in [-0.15, -0.1) is 0 Å². The fraction of sp³-hybridized carbons (Fsp3) is 0.400. The molecule has 57 heavy (non-hydrogen) atoms. The molecule has 0 bridgehead atoms. The zero-order valence-electron chi connectivity index (χ0n) is 32.5. The van der Waals surface area contributed by atoms with Crippen LogP contribution in [0, 0.1) is 17.5 Å². The Morgan fingerprint density at radius 1 is 0.421 bits per heavy atom. The fourth-order valence-corrected chi connectivity index (χ4v) is 5.23. The quantitative estimate of drug-likeness (QED) is 0.0223. The highest BCUT2D eigenvalue weighted by Crippen LogP contribution is 2.18. The normalized spacial score (nSPS) is 10.9. The Balaban J connectivity index is 1.29. The second kappa shape index (κ2) is 26.7. The average molecular weight is 795 g/mol. The summed E-state index contributed by atoms with van der Waals surface area (Å²) >= 11 is 0. The van der Waals surface area contributed by atoms with Gasteiger partial charge < -0.3 is 28.4 Å². The van der Waals surface area contributed by atoms with E-state index in [4.69, 9.17) is 28.4 Å². The number of benzene rings is 3. The van der Waals surface area contributed by atoms with Crippen molar-refractivity contribution >= 4 is 34.6 Å². The predicted octanol–water partition coefficient (Wildman–Crippen LogP) is 9.45. The van der Waals surface area contributed by atoms with Gasteiger partial charge in [0.2, 0.25) is 0 Å². The smallest absolute Gasteiger partial charge is 0.338 e. The molecule has 0 N–H and O–H groups in total. The molecule has 0 aliphatic rings. The zero-order chi connectivity index (χ0) is 41.3. The molecule has 0 radical (unpaired) electrons. The van der Waals surface area contributed by atoms with Gasteiger partial charge in [-0.1, -0.05) is 56.1 Å². The number of unbranched alkanes of at least 4 members (excludes halogenated alkanes) is 6. The Kier molecular flexibility index (Phi) is 21.7. The molecule has 0 saturated heterocycles. The topological polar surface area (TPSA) is 107 Å². The molecule has 3 rings (SSSR count). The highest BCUT2D eigenvalue weighted by molar-refractivity contribution is 6.16. The maximum atomic E-state index is 13.2. The average Bonchev–Trinajstić information content (AvgIpc) is 3.21. The number of ether oxygens (including phenoxy) is 6. The van der Waals surface area contributed by atoms with Crippen molar-refractivity contribution in [2.45, 2.75) is 70.5 Å². The molecule has 0 saturated carbocycles. The highest BCUT2D eigenvalue weighted by atomic mass is 19.1. The summed E-state index contributed by atoms with van der Waals surface area (Å²) in [7, 11) is 0. The number of carbonyl (C=O) groups is 3. The van der Waals surface area contributed by atoms with Crippen molar-refractivity contribution in [3.63, 3.8) is 0 Å². The van der Waals surface area contributed by atoms with Crippen molar-refractivity contribution in [2.24, 2.45) is 0 Å². The molecule has 0 spiro atoms. The number of hydrogen-bond acceptors (Lipinski definition) is 9. The minimum Gasteiger partial charge on any atom is -0.462 e. The molecule has 0 fully saturated rings. The van der Waals surface area contributed by atoms with E-state index in [-0.39, 0.29) is 36.5 Å². The van der Waals surface area contributed by atoms with Gasteiger partial charge in [-0.05, 0) is 111 Å². The third kappa shape index (κ3) is 18.6. The third-order valence-electron chi connectivity index (χ3n) is 8.63. The molecule has 0 heterocycles. The van der Waals surface area contributed by atoms with E-state index >= 15 is 0 Å². The molecule has 3 aromatic carbocycles. The lowest BCUT2D eigenvalue weighted by Gasteiger charge is -2.19. The van der Waals surface area contributed by atoms with Crippen molar-refractivity contribution in [3.05, 3.63) is 127 Å². The molecule has 0 aliphatic carbocycles. The molecule has 0 aliphatic heterocycles. The molecule has 3 aromatic rings. The van der Waals surface area contributed by atoms with E-state index in [9.17, 15) is 27.6 Å². The highest BCUT2D eigenvalue weighted by Gasteiger charge is 2.14. The van der Waals surface area contributed by atoms with Crippen LogP contribution in [0.25, 0.3) is 16.7 Å². The summed E-state index contributed by atoms with van der Waals surface area (Å²) < 4.78 is 73.2. The van der Waals surface area contributed by atoms with Crippen molar-refractivity contribution in [3.8, 4) is 0 Å². The van der Waals surface area contributed by atoms with E-state index in [1.807, 2.05) is 0 Å². The molecular formula is C45H53F3O9. The summed E-state index contributed by atoms with van der Waals surface area (Å²) in [4.78, 5) is 36.8. The Labute approximate surface area is 333 Å². The molecule has 0 aromatic heterocycles. The van der Waals surface area contributed by atoms with Crippen molar-refractivity contribution in [1.82, 2.24) is 0 Å². The number of carbonyl (C=O) groups excluding carboxylic acids is 3. The largest absolute Gasteiger partial charge is 0.462 e. The molecule has 0 amide bonds. The minimum absolute atomic E-state index is 0.168. The molecule has 9 nitrogen and oxygen atoms in total. The lowest BCUT2D eigenvalue weighted by molar-refractivity contribution is -0.154. The van der Waals surface area contributed by atoms with E-state index < -0.39 is 41.6 Å². The summed E-state index contributed by atoms with van der Waals surface area (Å²) in [6, 6.07) is 16.5. The van der Waals surface area contributed by atoms with Crippen LogP contribution in [0.4, 0.5) is 13.2 Å². The summed E-state index contributed by atoms with van der Waals surface area (Å²) in [5, 5.41) is 0. The Morgan fingerprint density at radius 3 is 1.05 bits per heavy atom. The van der Waals surface area contributed by atoms with E-state index in [0.717, 1.165) is 25.7 Å². The minimum atomic E-state index is -0.548. The molecule has 0 atom stereocenters. The lowest BCUT2D eigenvalue weighted by atomic mass is 10.1. The van der Waals surface area contributed by atoms with Crippen LogP contribution in [0.2, 0.25) is 0 Å². The van der Waals surface area contributed by atoms with Crippen LogP contribution in [0.5, 0.6) is 0 Å². The summed E-state index contributed by atoms with van der Waals surface area (Å²) in [5.74, 6) is -2.82. The van der Waals surface area contributed by atoms with Crippen LogP contribution in [0.1, 0.15) is 80.9 Å². The van der Waals surface area contributed by atoms with Gasteiger partial charge in [-0.3, -0.25) is 0 Å². The van der Waals surface area contributed by atoms with Crippen molar-refractivity contribution in [1.29, 1.82) is 0 Å². The summed E-state index contributed by atoms with van der Waals surface area (Å²) in [5.41, 5.74) is 2.03. The van der Waals surface area contributed by atoms with Gasteiger partial charge in [-0.25, -0.2) is 27.6 Å². The molecule has 308 valence electrons. The SMILES string of the molecule is C=C(C(=O)OCCCCCOCCC(OCCCCCOC(=O)C(=C)c1ccc(F)cc1)OCCCCCOC(=O)C(=C)c1ccc(F)cc1)c1ccc(F)cc1. The van der Waals surface area contributed by atoms with Crippen LogP contribution < -0.4 is 0 Å². The number of hydrogen-bond donors (Lipinski definition) is 0. The molecule has 0 unspecified atom stereocenters. The lowest BCUT2D eigenvalue weighted by Crippen LogP contribution is -2.21. The van der Waals surface area contributed by atoms with Crippen molar-refractivity contribution in [2.75, 3.05) is 46.2 Å². The monoisotopic (exact) mass is 794 g/mol. The fourth-order valence-electron chi connectivity index (χ4n) is 5.23. The van der Waals surface area contributed by atoms with Gasteiger partial charge in [-0.2, -0.15) is 0 Å². The Hall–Kier alpha value is -5.04. The van der Waals surface area contributed by atoms with Crippen LogP contribution in [-0.2, 0) is 42.8 Å².